The molecule has 5 atom stereocenters. The third-order valence-electron chi connectivity index (χ3n) is 9.36. The van der Waals surface area contributed by atoms with E-state index in [2.05, 4.69) is 13.8 Å². The van der Waals surface area contributed by atoms with E-state index in [0.717, 1.165) is 25.7 Å². The molecule has 0 heterocycles. The number of rotatable bonds is 8. The van der Waals surface area contributed by atoms with Gasteiger partial charge in [0.05, 0.1) is 25.2 Å². The summed E-state index contributed by atoms with van der Waals surface area (Å²) in [6, 6.07) is 0. The van der Waals surface area contributed by atoms with E-state index in [1.54, 1.807) is 0 Å². The molecule has 170 valence electrons. The summed E-state index contributed by atoms with van der Waals surface area (Å²) in [4.78, 5) is 37.1. The number of carbonyl (C=O) groups is 3. The van der Waals surface area contributed by atoms with Crippen LogP contribution in [0.1, 0.15) is 90.9 Å². The third-order valence-corrected chi connectivity index (χ3v) is 9.36. The summed E-state index contributed by atoms with van der Waals surface area (Å²) >= 11 is 0. The quantitative estimate of drug-likeness (QED) is 0.595. The lowest BCUT2D eigenvalue weighted by Crippen LogP contribution is -2.59. The van der Waals surface area contributed by atoms with Gasteiger partial charge in [-0.2, -0.15) is 0 Å². The topological polar surface area (TPSA) is 89.9 Å². The Hall–Kier alpha value is -1.43. The number of aliphatic hydroxyl groups is 1. The number of ketones is 1. The fraction of sp³-hybridized carbons (Fsp3) is 0.875. The molecule has 3 aliphatic rings. The lowest BCUT2D eigenvalue weighted by Gasteiger charge is -2.54. The van der Waals surface area contributed by atoms with E-state index in [-0.39, 0.29) is 40.9 Å². The van der Waals surface area contributed by atoms with Crippen molar-refractivity contribution >= 4 is 17.7 Å². The normalized spacial score (nSPS) is 40.0. The molecule has 3 rings (SSSR count). The van der Waals surface area contributed by atoms with Crippen LogP contribution in [-0.2, 0) is 23.9 Å². The van der Waals surface area contributed by atoms with Gasteiger partial charge < -0.3 is 14.6 Å². The van der Waals surface area contributed by atoms with Crippen LogP contribution in [0.25, 0.3) is 0 Å². The van der Waals surface area contributed by atoms with Gasteiger partial charge in [-0.05, 0) is 74.5 Å². The Bertz CT molecular complexity index is 704. The Labute approximate surface area is 180 Å². The lowest BCUT2D eigenvalue weighted by molar-refractivity contribution is -0.173. The van der Waals surface area contributed by atoms with E-state index >= 15 is 0 Å². The number of methoxy groups -OCH3 is 2. The molecule has 6 nitrogen and oxygen atoms in total. The van der Waals surface area contributed by atoms with Crippen molar-refractivity contribution in [2.45, 2.75) is 96.5 Å². The molecule has 3 aliphatic carbocycles. The Morgan fingerprint density at radius 1 is 1.00 bits per heavy atom. The van der Waals surface area contributed by atoms with Crippen LogP contribution in [0.5, 0.6) is 0 Å². The first kappa shape index (κ1) is 23.2. The van der Waals surface area contributed by atoms with Crippen molar-refractivity contribution in [3.63, 3.8) is 0 Å². The van der Waals surface area contributed by atoms with Crippen LogP contribution < -0.4 is 0 Å². The van der Waals surface area contributed by atoms with Gasteiger partial charge in [-0.3, -0.25) is 14.4 Å². The fourth-order valence-electron chi connectivity index (χ4n) is 7.94. The van der Waals surface area contributed by atoms with Crippen molar-refractivity contribution in [1.82, 2.24) is 0 Å². The van der Waals surface area contributed by atoms with Gasteiger partial charge in [-0.15, -0.1) is 0 Å². The van der Waals surface area contributed by atoms with E-state index in [1.807, 2.05) is 0 Å². The molecular formula is C24H38O6. The number of esters is 2. The maximum Gasteiger partial charge on any atom is 0.305 e. The van der Waals surface area contributed by atoms with Gasteiger partial charge in [0.25, 0.3) is 0 Å². The molecule has 0 aromatic heterocycles. The van der Waals surface area contributed by atoms with Gasteiger partial charge in [0.2, 0.25) is 0 Å². The molecule has 6 heteroatoms. The van der Waals surface area contributed by atoms with E-state index in [9.17, 15) is 19.5 Å². The molecule has 0 aromatic carbocycles. The summed E-state index contributed by atoms with van der Waals surface area (Å²) < 4.78 is 9.61. The highest BCUT2D eigenvalue weighted by molar-refractivity contribution is 5.89. The first-order chi connectivity index (χ1) is 14.1. The van der Waals surface area contributed by atoms with Crippen molar-refractivity contribution in [3.05, 3.63) is 0 Å². The Kier molecular flexibility index (Phi) is 6.39. The number of Topliss-reactive ketones (excluding diaryl/α,β-unsaturated/α-hetero) is 1. The number of hydrogen-bond donors (Lipinski definition) is 1. The molecule has 0 aromatic rings. The molecule has 1 N–H and O–H groups in total. The molecule has 0 amide bonds. The molecule has 30 heavy (non-hydrogen) atoms. The first-order valence-electron chi connectivity index (χ1n) is 11.5. The minimum Gasteiger partial charge on any atom is -0.469 e. The molecule has 2 bridgehead atoms. The van der Waals surface area contributed by atoms with Gasteiger partial charge in [-0.25, -0.2) is 0 Å². The van der Waals surface area contributed by atoms with Crippen LogP contribution in [-0.4, -0.2) is 42.6 Å². The number of fused-ring (bicyclic) bond motifs is 5. The van der Waals surface area contributed by atoms with Crippen LogP contribution in [0.3, 0.4) is 0 Å². The second-order valence-electron chi connectivity index (χ2n) is 10.2. The van der Waals surface area contributed by atoms with Crippen LogP contribution in [0.2, 0.25) is 0 Å². The van der Waals surface area contributed by atoms with E-state index in [1.165, 1.54) is 14.2 Å². The first-order valence-corrected chi connectivity index (χ1v) is 11.5. The highest BCUT2D eigenvalue weighted by Gasteiger charge is 2.80. The summed E-state index contributed by atoms with van der Waals surface area (Å²) in [5.41, 5.74) is -2.39. The van der Waals surface area contributed by atoms with Crippen LogP contribution in [0.4, 0.5) is 0 Å². The molecule has 0 aliphatic heterocycles. The monoisotopic (exact) mass is 422 g/mol. The van der Waals surface area contributed by atoms with Crippen molar-refractivity contribution in [1.29, 1.82) is 0 Å². The molecule has 0 saturated heterocycles. The summed E-state index contributed by atoms with van der Waals surface area (Å²) in [6.45, 7) is 4.49. The standard InChI is InChI=1S/C24H38O6/c1-21-13-8-16-24(28,17(21)9-5-11-19(26)29-3)23(15-7-12-20(27)30-4)18(25)10-6-14-22(21,23)2/h17,28H,5-16H2,1-4H3/t17-,21-,22+,23+,24-/m0/s1. The number of ether oxygens (including phenoxy) is 2. The minimum absolute atomic E-state index is 0.0337. The predicted octanol–water partition coefficient (Wildman–Crippen LogP) is 3.97. The molecule has 0 spiro atoms. The maximum absolute atomic E-state index is 13.7. The summed E-state index contributed by atoms with van der Waals surface area (Å²) in [5, 5.41) is 12.3. The summed E-state index contributed by atoms with van der Waals surface area (Å²) in [5.74, 6) is -0.367. The van der Waals surface area contributed by atoms with Crippen LogP contribution in [0, 0.1) is 22.2 Å². The Morgan fingerprint density at radius 3 is 2.27 bits per heavy atom. The zero-order valence-electron chi connectivity index (χ0n) is 19.1. The zero-order valence-corrected chi connectivity index (χ0v) is 19.1. The summed E-state index contributed by atoms with van der Waals surface area (Å²) in [6.07, 6.45) is 7.81. The van der Waals surface area contributed by atoms with Gasteiger partial charge in [0.1, 0.15) is 5.78 Å². The van der Waals surface area contributed by atoms with Gasteiger partial charge in [-0.1, -0.05) is 13.8 Å². The van der Waals surface area contributed by atoms with Crippen molar-refractivity contribution in [2.24, 2.45) is 22.2 Å². The number of hydrogen-bond acceptors (Lipinski definition) is 6. The SMILES string of the molecule is COC(=O)CCC[C@H]1[C@]2(C)CCC[C@@]1(O)[C@]1(CCCC(=O)OC)C(=O)CCC[C@@]12C. The van der Waals surface area contributed by atoms with Crippen LogP contribution in [0.15, 0.2) is 0 Å². The van der Waals surface area contributed by atoms with E-state index < -0.39 is 11.0 Å². The molecule has 3 fully saturated rings. The average Bonchev–Trinajstić information content (AvgIpc) is 2.77. The molecule has 0 radical (unpaired) electrons. The lowest BCUT2D eigenvalue weighted by atomic mass is 9.48. The van der Waals surface area contributed by atoms with Gasteiger partial charge >= 0.3 is 11.9 Å². The third kappa shape index (κ3) is 3.04. The Balaban J connectivity index is 1.99. The van der Waals surface area contributed by atoms with Crippen molar-refractivity contribution < 1.29 is 29.0 Å². The summed E-state index contributed by atoms with van der Waals surface area (Å²) in [7, 11) is 2.77. The average molecular weight is 423 g/mol. The van der Waals surface area contributed by atoms with Gasteiger partial charge in [0, 0.05) is 19.3 Å². The van der Waals surface area contributed by atoms with E-state index in [4.69, 9.17) is 9.47 Å². The second-order valence-corrected chi connectivity index (χ2v) is 10.2. The predicted molar refractivity (Wildman–Crippen MR) is 112 cm³/mol. The number of carbonyl (C=O) groups excluding carboxylic acids is 3. The fourth-order valence-corrected chi connectivity index (χ4v) is 7.94. The second kappa shape index (κ2) is 8.25. The Morgan fingerprint density at radius 2 is 1.63 bits per heavy atom. The smallest absolute Gasteiger partial charge is 0.305 e. The van der Waals surface area contributed by atoms with E-state index in [0.29, 0.717) is 44.9 Å². The molecule has 0 unspecified atom stereocenters. The maximum atomic E-state index is 13.7. The van der Waals surface area contributed by atoms with Crippen LogP contribution >= 0.6 is 0 Å². The van der Waals surface area contributed by atoms with Crippen molar-refractivity contribution in [2.75, 3.05) is 14.2 Å². The minimum atomic E-state index is -1.08. The molecular weight excluding hydrogens is 384 g/mol. The zero-order chi connectivity index (χ0) is 22.2. The highest BCUT2D eigenvalue weighted by atomic mass is 16.5. The van der Waals surface area contributed by atoms with Gasteiger partial charge in [0.15, 0.2) is 0 Å². The highest BCUT2D eigenvalue weighted by Crippen LogP contribution is 2.79. The molecule has 3 saturated carbocycles. The van der Waals surface area contributed by atoms with Crippen molar-refractivity contribution in [3.8, 4) is 0 Å². The largest absolute Gasteiger partial charge is 0.469 e.